The summed E-state index contributed by atoms with van der Waals surface area (Å²) in [4.78, 5) is 33.3. The molecule has 0 aromatic heterocycles. The Hall–Kier alpha value is -3.51. The molecule has 2 heterocycles. The molecular weight excluding hydrogens is 438 g/mol. The van der Waals surface area contributed by atoms with Gasteiger partial charge >= 0.3 is 0 Å². The molecular formula is C29H30N3O3+. The average Bonchev–Trinajstić information content (AvgIpc) is 2.88. The number of piperidine rings is 1. The number of rotatable bonds is 5. The number of nitrogens with one attached hydrogen (secondary N) is 2. The molecule has 2 N–H and O–H groups in total. The highest BCUT2D eigenvalue weighted by Crippen LogP contribution is 2.41. The van der Waals surface area contributed by atoms with E-state index in [0.29, 0.717) is 39.4 Å². The first kappa shape index (κ1) is 22.0. The molecule has 4 aliphatic rings. The third-order valence-electron chi connectivity index (χ3n) is 7.37. The predicted octanol–water partition coefficient (Wildman–Crippen LogP) is 3.04. The first-order valence-corrected chi connectivity index (χ1v) is 12.6. The maximum atomic E-state index is 13.7. The fraction of sp³-hybridized carbons (Fsp3) is 0.345. The Labute approximate surface area is 205 Å². The lowest BCUT2D eigenvalue weighted by atomic mass is 9.81. The zero-order valence-electron chi connectivity index (χ0n) is 20.0. The Morgan fingerprint density at radius 1 is 1.11 bits per heavy atom. The normalized spacial score (nSPS) is 22.5. The van der Waals surface area contributed by atoms with Crippen LogP contribution in [0.3, 0.4) is 0 Å². The van der Waals surface area contributed by atoms with Crippen molar-refractivity contribution in [2.75, 3.05) is 31.5 Å². The highest BCUT2D eigenvalue weighted by molar-refractivity contribution is 6.32. The van der Waals surface area contributed by atoms with Gasteiger partial charge in [0, 0.05) is 36.4 Å². The number of ketones is 2. The van der Waals surface area contributed by atoms with Gasteiger partial charge in [0.25, 0.3) is 5.69 Å². The smallest absolute Gasteiger partial charge is 0.258 e. The Morgan fingerprint density at radius 3 is 2.71 bits per heavy atom. The standard InChI is InChI=1S/C29H29N3O3/c1-18-8-6-14-32(17-18)15-7-13-30-22-16-24-27(31-21-11-4-5-12-23(21)35-24)26-25(22)28(33)19-9-2-3-10-20(19)29(26)34/h2-5,9-12,16,18,23,30H,6-8,13-15,17H2,1H3/p+1/t18-,23?/m0/s1. The lowest BCUT2D eigenvalue weighted by Crippen LogP contribution is -2.72. The van der Waals surface area contributed by atoms with Gasteiger partial charge in [-0.25, -0.2) is 4.99 Å². The number of nitrogens with zero attached hydrogens (tertiary/aromatic N) is 1. The quantitative estimate of drug-likeness (QED) is 0.564. The maximum Gasteiger partial charge on any atom is 0.258 e. The van der Waals surface area contributed by atoms with Crippen molar-refractivity contribution in [1.82, 2.24) is 4.90 Å². The van der Waals surface area contributed by atoms with Gasteiger partial charge < -0.3 is 15.0 Å². The van der Waals surface area contributed by atoms with E-state index >= 15 is 0 Å². The van der Waals surface area contributed by atoms with Gasteiger partial charge in [-0.3, -0.25) is 9.59 Å². The van der Waals surface area contributed by atoms with Crippen LogP contribution in [0.15, 0.2) is 54.6 Å². The van der Waals surface area contributed by atoms with E-state index in [0.717, 1.165) is 44.2 Å². The van der Waals surface area contributed by atoms with Gasteiger partial charge in [-0.2, -0.15) is 0 Å². The molecule has 178 valence electrons. The molecule has 2 aromatic rings. The second-order valence-corrected chi connectivity index (χ2v) is 9.94. The third kappa shape index (κ3) is 3.92. The van der Waals surface area contributed by atoms with Crippen LogP contribution in [0.5, 0.6) is 5.75 Å². The third-order valence-corrected chi connectivity index (χ3v) is 7.37. The lowest BCUT2D eigenvalue weighted by Gasteiger charge is -2.31. The van der Waals surface area contributed by atoms with Crippen LogP contribution in [-0.4, -0.2) is 54.5 Å². The fourth-order valence-corrected chi connectivity index (χ4v) is 5.66. The van der Waals surface area contributed by atoms with E-state index in [-0.39, 0.29) is 17.7 Å². The zero-order valence-corrected chi connectivity index (χ0v) is 20.0. The minimum absolute atomic E-state index is 0.127. The average molecular weight is 469 g/mol. The van der Waals surface area contributed by atoms with Crippen molar-refractivity contribution in [3.63, 3.8) is 0 Å². The van der Waals surface area contributed by atoms with E-state index < -0.39 is 0 Å². The molecule has 2 aliphatic carbocycles. The van der Waals surface area contributed by atoms with Crippen molar-refractivity contribution in [2.24, 2.45) is 5.92 Å². The van der Waals surface area contributed by atoms with Crippen molar-refractivity contribution < 1.29 is 19.3 Å². The van der Waals surface area contributed by atoms with Crippen molar-refractivity contribution in [3.8, 4) is 5.75 Å². The van der Waals surface area contributed by atoms with E-state index in [4.69, 9.17) is 4.74 Å². The zero-order chi connectivity index (χ0) is 23.9. The van der Waals surface area contributed by atoms with Gasteiger partial charge in [0.1, 0.15) is 5.56 Å². The number of ether oxygens (including phenoxy) is 1. The summed E-state index contributed by atoms with van der Waals surface area (Å²) in [6.07, 6.45) is 11.1. The molecule has 1 saturated heterocycles. The van der Waals surface area contributed by atoms with Crippen LogP contribution in [0.1, 0.15) is 58.0 Å². The minimum Gasteiger partial charge on any atom is -0.468 e. The molecule has 0 saturated carbocycles. The second kappa shape index (κ2) is 8.93. The largest absolute Gasteiger partial charge is 0.468 e. The number of hydrogen-bond acceptors (Lipinski definition) is 5. The van der Waals surface area contributed by atoms with Crippen LogP contribution < -0.4 is 15.0 Å². The van der Waals surface area contributed by atoms with E-state index in [2.05, 4.69) is 22.1 Å². The summed E-state index contributed by atoms with van der Waals surface area (Å²) in [5.41, 5.74) is 3.83. The Bertz CT molecular complexity index is 1310. The number of fused-ring (bicyclic) bond motifs is 5. The molecule has 35 heavy (non-hydrogen) atoms. The minimum atomic E-state index is -0.235. The van der Waals surface area contributed by atoms with Gasteiger partial charge in [-0.15, -0.1) is 0 Å². The van der Waals surface area contributed by atoms with Gasteiger partial charge in [0.05, 0.1) is 11.3 Å². The number of anilines is 1. The van der Waals surface area contributed by atoms with Crippen LogP contribution in [0, 0.1) is 5.92 Å². The van der Waals surface area contributed by atoms with Crippen LogP contribution in [-0.2, 0) is 0 Å². The van der Waals surface area contributed by atoms with E-state index in [1.807, 2.05) is 30.4 Å². The molecule has 2 atom stereocenters. The molecule has 0 bridgehead atoms. The molecule has 1 fully saturated rings. The summed E-state index contributed by atoms with van der Waals surface area (Å²) >= 11 is 0. The topological polar surface area (TPSA) is 72.6 Å². The van der Waals surface area contributed by atoms with Crippen molar-refractivity contribution >= 4 is 28.7 Å². The van der Waals surface area contributed by atoms with Gasteiger partial charge in [0.2, 0.25) is 17.6 Å². The molecule has 2 aliphatic heterocycles. The summed E-state index contributed by atoms with van der Waals surface area (Å²) in [6.45, 7) is 6.37. The summed E-state index contributed by atoms with van der Waals surface area (Å²) in [7, 11) is 0. The van der Waals surface area contributed by atoms with E-state index in [9.17, 15) is 9.59 Å². The molecule has 0 spiro atoms. The first-order valence-electron chi connectivity index (χ1n) is 12.6. The van der Waals surface area contributed by atoms with Crippen molar-refractivity contribution in [1.29, 1.82) is 0 Å². The number of hydrogen-bond donors (Lipinski definition) is 2. The molecule has 6 rings (SSSR count). The highest BCUT2D eigenvalue weighted by atomic mass is 16.5. The lowest BCUT2D eigenvalue weighted by molar-refractivity contribution is -0.362. The van der Waals surface area contributed by atoms with Crippen LogP contribution in [0.2, 0.25) is 0 Å². The van der Waals surface area contributed by atoms with Crippen LogP contribution >= 0.6 is 0 Å². The molecule has 0 radical (unpaired) electrons. The molecule has 1 unspecified atom stereocenters. The van der Waals surface area contributed by atoms with Crippen LogP contribution in [0.4, 0.5) is 11.4 Å². The monoisotopic (exact) mass is 468 g/mol. The van der Waals surface area contributed by atoms with Crippen LogP contribution in [0.25, 0.3) is 0 Å². The van der Waals surface area contributed by atoms with E-state index in [1.165, 1.54) is 12.8 Å². The van der Waals surface area contributed by atoms with Crippen molar-refractivity contribution in [3.05, 3.63) is 76.9 Å². The fourth-order valence-electron chi connectivity index (χ4n) is 5.66. The number of likely N-dealkylation sites (tertiary alicyclic amines) is 1. The number of carbonyl (C=O) groups is 2. The van der Waals surface area contributed by atoms with Gasteiger partial charge in [0.15, 0.2) is 11.5 Å². The number of allylic oxidation sites excluding steroid dienone is 2. The van der Waals surface area contributed by atoms with E-state index in [1.54, 1.807) is 24.3 Å². The van der Waals surface area contributed by atoms with Gasteiger partial charge in [-0.1, -0.05) is 43.3 Å². The Kier molecular flexibility index (Phi) is 5.61. The second-order valence-electron chi connectivity index (χ2n) is 9.94. The summed E-state index contributed by atoms with van der Waals surface area (Å²) < 4.78 is 6.28. The molecule has 6 nitrogen and oxygen atoms in total. The first-order chi connectivity index (χ1) is 17.1. The Balaban J connectivity index is 1.35. The molecule has 2 aromatic carbocycles. The summed E-state index contributed by atoms with van der Waals surface area (Å²) in [6, 6.07) is 8.96. The summed E-state index contributed by atoms with van der Waals surface area (Å²) in [5.74, 6) is 1.06. The van der Waals surface area contributed by atoms with Crippen molar-refractivity contribution in [2.45, 2.75) is 32.3 Å². The maximum absolute atomic E-state index is 13.7. The number of benzene rings is 2. The SMILES string of the molecule is C[C@H]1CCCN(CCCNc2cc3c(c4c2C(=O)c2ccccc2C4=O)[NH+]=C2C=CC=CC2O3)C1. The summed E-state index contributed by atoms with van der Waals surface area (Å²) in [5, 5.41) is 3.48. The molecule has 6 heteroatoms. The Morgan fingerprint density at radius 2 is 1.91 bits per heavy atom. The predicted molar refractivity (Wildman–Crippen MR) is 136 cm³/mol. The molecule has 0 amide bonds. The highest BCUT2D eigenvalue weighted by Gasteiger charge is 2.41. The van der Waals surface area contributed by atoms with Gasteiger partial charge in [-0.05, 0) is 44.3 Å². The number of carbonyl (C=O) groups excluding carboxylic acids is 2.